The first kappa shape index (κ1) is 19.3. The standard InChI is InChI=1S/C16H18F3N5O2S/c1-9-6-12(16(17,18)19)22-24(9)7-13(25)23-4-2-10(3-5-23)11-8-27-15(21-11)14(20)26/h6,8,10H,2-5,7H2,1H3,(H2,20,26). The van der Waals surface area contributed by atoms with Crippen LogP contribution >= 0.6 is 11.3 Å². The van der Waals surface area contributed by atoms with Crippen LogP contribution in [0.1, 0.15) is 45.6 Å². The van der Waals surface area contributed by atoms with Crippen LogP contribution in [0.4, 0.5) is 13.2 Å². The van der Waals surface area contributed by atoms with Gasteiger partial charge in [-0.25, -0.2) is 4.98 Å². The van der Waals surface area contributed by atoms with Crippen LogP contribution in [0, 0.1) is 6.92 Å². The maximum absolute atomic E-state index is 12.7. The van der Waals surface area contributed by atoms with E-state index in [1.54, 1.807) is 10.3 Å². The van der Waals surface area contributed by atoms with E-state index in [2.05, 4.69) is 10.1 Å². The van der Waals surface area contributed by atoms with E-state index in [4.69, 9.17) is 5.73 Å². The molecule has 0 spiro atoms. The van der Waals surface area contributed by atoms with E-state index >= 15 is 0 Å². The van der Waals surface area contributed by atoms with Gasteiger partial charge in [0.25, 0.3) is 5.91 Å². The number of nitrogens with two attached hydrogens (primary N) is 1. The molecule has 2 aromatic rings. The molecule has 0 aliphatic carbocycles. The third-order valence-corrected chi connectivity index (χ3v) is 5.43. The summed E-state index contributed by atoms with van der Waals surface area (Å²) in [6.45, 7) is 2.20. The number of piperidine rings is 1. The zero-order valence-electron chi connectivity index (χ0n) is 14.5. The smallest absolute Gasteiger partial charge is 0.364 e. The number of rotatable bonds is 4. The topological polar surface area (TPSA) is 94.1 Å². The van der Waals surface area contributed by atoms with E-state index in [1.165, 1.54) is 18.3 Å². The van der Waals surface area contributed by atoms with Crippen LogP contribution in [0.25, 0.3) is 0 Å². The van der Waals surface area contributed by atoms with E-state index in [0.29, 0.717) is 25.9 Å². The molecule has 3 heterocycles. The minimum Gasteiger partial charge on any atom is -0.364 e. The Morgan fingerprint density at radius 3 is 2.52 bits per heavy atom. The average molecular weight is 401 g/mol. The maximum Gasteiger partial charge on any atom is 0.435 e. The Hall–Kier alpha value is -2.43. The second kappa shape index (κ2) is 7.29. The number of hydrogen-bond donors (Lipinski definition) is 1. The molecule has 7 nitrogen and oxygen atoms in total. The molecule has 11 heteroatoms. The van der Waals surface area contributed by atoms with Crippen LogP contribution in [-0.4, -0.2) is 44.6 Å². The lowest BCUT2D eigenvalue weighted by Gasteiger charge is -2.31. The molecule has 1 saturated heterocycles. The molecule has 0 unspecified atom stereocenters. The first-order valence-electron chi connectivity index (χ1n) is 8.30. The van der Waals surface area contributed by atoms with Crippen molar-refractivity contribution in [1.82, 2.24) is 19.7 Å². The minimum absolute atomic E-state index is 0.127. The first-order chi connectivity index (χ1) is 12.6. The Balaban J connectivity index is 1.58. The molecule has 1 aliphatic rings. The Labute approximate surface area is 157 Å². The zero-order chi connectivity index (χ0) is 19.8. The number of primary amides is 1. The molecule has 0 bridgehead atoms. The highest BCUT2D eigenvalue weighted by Crippen LogP contribution is 2.30. The third-order valence-electron chi connectivity index (χ3n) is 4.56. The van der Waals surface area contributed by atoms with Crippen molar-refractivity contribution in [1.29, 1.82) is 0 Å². The summed E-state index contributed by atoms with van der Waals surface area (Å²) in [6.07, 6.45) is -3.20. The van der Waals surface area contributed by atoms with Crippen molar-refractivity contribution >= 4 is 23.2 Å². The second-order valence-corrected chi connectivity index (χ2v) is 7.28. The molecule has 0 saturated carbocycles. The van der Waals surface area contributed by atoms with Crippen LogP contribution in [0.5, 0.6) is 0 Å². The van der Waals surface area contributed by atoms with Crippen molar-refractivity contribution in [3.63, 3.8) is 0 Å². The fourth-order valence-electron chi connectivity index (χ4n) is 3.05. The van der Waals surface area contributed by atoms with Crippen molar-refractivity contribution < 1.29 is 22.8 Å². The van der Waals surface area contributed by atoms with E-state index in [0.717, 1.165) is 16.4 Å². The number of nitrogens with zero attached hydrogens (tertiary/aromatic N) is 4. The molecule has 1 fully saturated rings. The van der Waals surface area contributed by atoms with Crippen LogP contribution in [0.15, 0.2) is 11.4 Å². The molecular formula is C16H18F3N5O2S. The van der Waals surface area contributed by atoms with Crippen LogP contribution in [-0.2, 0) is 17.5 Å². The van der Waals surface area contributed by atoms with Crippen molar-refractivity contribution in [2.24, 2.45) is 5.73 Å². The molecule has 146 valence electrons. The van der Waals surface area contributed by atoms with Crippen molar-refractivity contribution in [2.45, 2.75) is 38.4 Å². The largest absolute Gasteiger partial charge is 0.435 e. The summed E-state index contributed by atoms with van der Waals surface area (Å²) in [7, 11) is 0. The normalized spacial score (nSPS) is 15.9. The molecule has 2 amide bonds. The summed E-state index contributed by atoms with van der Waals surface area (Å²) >= 11 is 1.20. The van der Waals surface area contributed by atoms with Gasteiger partial charge in [-0.15, -0.1) is 11.3 Å². The predicted octanol–water partition coefficient (Wildman–Crippen LogP) is 2.17. The molecule has 27 heavy (non-hydrogen) atoms. The van der Waals surface area contributed by atoms with E-state index in [1.807, 2.05) is 0 Å². The number of amides is 2. The maximum atomic E-state index is 12.7. The van der Waals surface area contributed by atoms with Gasteiger partial charge in [-0.2, -0.15) is 18.3 Å². The monoisotopic (exact) mass is 401 g/mol. The number of alkyl halides is 3. The minimum atomic E-state index is -4.53. The quantitative estimate of drug-likeness (QED) is 0.850. The predicted molar refractivity (Wildman–Crippen MR) is 91.2 cm³/mol. The summed E-state index contributed by atoms with van der Waals surface area (Å²) in [5, 5.41) is 5.55. The fraction of sp³-hybridized carbons (Fsp3) is 0.500. The van der Waals surface area contributed by atoms with Gasteiger partial charge in [-0.3, -0.25) is 14.3 Å². The van der Waals surface area contributed by atoms with Gasteiger partial charge in [-0.1, -0.05) is 0 Å². The molecule has 2 aromatic heterocycles. The number of aromatic nitrogens is 3. The summed E-state index contributed by atoms with van der Waals surface area (Å²) in [5.74, 6) is -0.710. The SMILES string of the molecule is Cc1cc(C(F)(F)F)nn1CC(=O)N1CCC(c2csc(C(N)=O)n2)CC1. The Morgan fingerprint density at radius 2 is 2.00 bits per heavy atom. The van der Waals surface area contributed by atoms with Gasteiger partial charge in [0.15, 0.2) is 10.7 Å². The number of aryl methyl sites for hydroxylation is 1. The molecule has 1 aliphatic heterocycles. The van der Waals surface area contributed by atoms with Crippen molar-refractivity contribution in [3.8, 4) is 0 Å². The lowest BCUT2D eigenvalue weighted by atomic mass is 9.94. The summed E-state index contributed by atoms with van der Waals surface area (Å²) in [6, 6.07) is 0.929. The van der Waals surface area contributed by atoms with Crippen LogP contribution < -0.4 is 5.73 Å². The van der Waals surface area contributed by atoms with E-state index in [-0.39, 0.29) is 29.1 Å². The van der Waals surface area contributed by atoms with Gasteiger partial charge in [0, 0.05) is 30.1 Å². The number of hydrogen-bond acceptors (Lipinski definition) is 5. The number of halogens is 3. The van der Waals surface area contributed by atoms with Crippen molar-refractivity contribution in [2.75, 3.05) is 13.1 Å². The summed E-state index contributed by atoms with van der Waals surface area (Å²) in [4.78, 5) is 29.4. The van der Waals surface area contributed by atoms with Gasteiger partial charge < -0.3 is 10.6 Å². The summed E-state index contributed by atoms with van der Waals surface area (Å²) < 4.78 is 39.3. The van der Waals surface area contributed by atoms with Crippen LogP contribution in [0.2, 0.25) is 0 Å². The fourth-order valence-corrected chi connectivity index (χ4v) is 3.80. The lowest BCUT2D eigenvalue weighted by molar-refractivity contribution is -0.142. The number of thiazole rings is 1. The Kier molecular flexibility index (Phi) is 5.22. The molecule has 0 aromatic carbocycles. The van der Waals surface area contributed by atoms with Crippen LogP contribution in [0.3, 0.4) is 0 Å². The first-order valence-corrected chi connectivity index (χ1v) is 9.17. The molecule has 3 rings (SSSR count). The molecule has 0 atom stereocenters. The third kappa shape index (κ3) is 4.29. The van der Waals surface area contributed by atoms with Gasteiger partial charge in [-0.05, 0) is 25.8 Å². The molecule has 0 radical (unpaired) electrons. The summed E-state index contributed by atoms with van der Waals surface area (Å²) in [5.41, 5.74) is 5.28. The van der Waals surface area contributed by atoms with E-state index in [9.17, 15) is 22.8 Å². The highest BCUT2D eigenvalue weighted by molar-refractivity contribution is 7.11. The van der Waals surface area contributed by atoms with Gasteiger partial charge in [0.05, 0.1) is 5.69 Å². The number of carbonyl (C=O) groups excluding carboxylic acids is 2. The highest BCUT2D eigenvalue weighted by Gasteiger charge is 2.35. The zero-order valence-corrected chi connectivity index (χ0v) is 15.3. The Morgan fingerprint density at radius 1 is 1.33 bits per heavy atom. The Bertz CT molecular complexity index is 853. The second-order valence-electron chi connectivity index (χ2n) is 6.42. The highest BCUT2D eigenvalue weighted by atomic mass is 32.1. The molecular weight excluding hydrogens is 383 g/mol. The average Bonchev–Trinajstić information content (AvgIpc) is 3.22. The number of carbonyl (C=O) groups is 2. The number of likely N-dealkylation sites (tertiary alicyclic amines) is 1. The van der Waals surface area contributed by atoms with E-state index < -0.39 is 17.8 Å². The lowest BCUT2D eigenvalue weighted by Crippen LogP contribution is -2.40. The van der Waals surface area contributed by atoms with Gasteiger partial charge in [0.1, 0.15) is 6.54 Å². The van der Waals surface area contributed by atoms with Gasteiger partial charge in [0.2, 0.25) is 5.91 Å². The molecule has 2 N–H and O–H groups in total. The van der Waals surface area contributed by atoms with Crippen molar-refractivity contribution in [3.05, 3.63) is 33.5 Å². The van der Waals surface area contributed by atoms with Gasteiger partial charge >= 0.3 is 6.18 Å².